The first-order chi connectivity index (χ1) is 12.1. The molecule has 1 aliphatic heterocycles. The quantitative estimate of drug-likeness (QED) is 0.748. The van der Waals surface area contributed by atoms with E-state index in [9.17, 15) is 9.90 Å². The number of nitrogen functional groups attached to an aromatic ring is 1. The van der Waals surface area contributed by atoms with Gasteiger partial charge >= 0.3 is 0 Å². The number of carbonyl (C=O) groups is 1. The van der Waals surface area contributed by atoms with Gasteiger partial charge in [0.25, 0.3) is 5.91 Å². The van der Waals surface area contributed by atoms with Crippen molar-refractivity contribution >= 4 is 11.7 Å². The van der Waals surface area contributed by atoms with Gasteiger partial charge in [0.05, 0.1) is 11.7 Å². The van der Waals surface area contributed by atoms with Crippen LogP contribution in [0.25, 0.3) is 0 Å². The lowest BCUT2D eigenvalue weighted by Crippen LogP contribution is -2.35. The van der Waals surface area contributed by atoms with Gasteiger partial charge in [-0.15, -0.1) is 0 Å². The van der Waals surface area contributed by atoms with Crippen molar-refractivity contribution in [3.8, 4) is 0 Å². The van der Waals surface area contributed by atoms with Crippen LogP contribution >= 0.6 is 0 Å². The zero-order valence-electron chi connectivity index (χ0n) is 14.1. The summed E-state index contributed by atoms with van der Waals surface area (Å²) >= 11 is 0. The average Bonchev–Trinajstić information content (AvgIpc) is 2.63. The number of hydrogen-bond acceptors (Lipinski definition) is 6. The number of piperidine rings is 1. The first-order valence-electron chi connectivity index (χ1n) is 8.44. The minimum absolute atomic E-state index is 0.174. The third-order valence-electron chi connectivity index (χ3n) is 4.50. The summed E-state index contributed by atoms with van der Waals surface area (Å²) in [4.78, 5) is 22.3. The van der Waals surface area contributed by atoms with E-state index in [-0.39, 0.29) is 23.4 Å². The summed E-state index contributed by atoms with van der Waals surface area (Å²) in [6.07, 6.45) is 4.18. The SMILES string of the molecule is Nc1ncncc1C(=O)NCc1ccccc1CN1CCC(O)CC1. The molecule has 1 fully saturated rings. The van der Waals surface area contributed by atoms with Crippen LogP contribution in [0.4, 0.5) is 5.82 Å². The number of nitrogens with zero attached hydrogens (tertiary/aromatic N) is 3. The summed E-state index contributed by atoms with van der Waals surface area (Å²) < 4.78 is 0. The molecule has 0 saturated carbocycles. The number of nitrogens with one attached hydrogen (secondary N) is 1. The highest BCUT2D eigenvalue weighted by Crippen LogP contribution is 2.17. The van der Waals surface area contributed by atoms with E-state index >= 15 is 0 Å². The van der Waals surface area contributed by atoms with E-state index in [1.54, 1.807) is 0 Å². The van der Waals surface area contributed by atoms with Crippen molar-refractivity contribution in [3.63, 3.8) is 0 Å². The van der Waals surface area contributed by atoms with E-state index in [0.29, 0.717) is 6.54 Å². The highest BCUT2D eigenvalue weighted by atomic mass is 16.3. The fourth-order valence-electron chi connectivity index (χ4n) is 2.99. The zero-order chi connectivity index (χ0) is 17.6. The molecule has 2 aromatic rings. The van der Waals surface area contributed by atoms with E-state index in [0.717, 1.165) is 38.0 Å². The van der Waals surface area contributed by atoms with Crippen molar-refractivity contribution in [1.29, 1.82) is 0 Å². The fourth-order valence-corrected chi connectivity index (χ4v) is 2.99. The predicted molar refractivity (Wildman–Crippen MR) is 94.6 cm³/mol. The van der Waals surface area contributed by atoms with Crippen molar-refractivity contribution in [2.24, 2.45) is 0 Å². The van der Waals surface area contributed by atoms with Crippen LogP contribution < -0.4 is 11.1 Å². The molecule has 0 radical (unpaired) electrons. The molecule has 1 aromatic heterocycles. The van der Waals surface area contributed by atoms with E-state index in [4.69, 9.17) is 5.73 Å². The molecule has 0 aliphatic carbocycles. The summed E-state index contributed by atoms with van der Waals surface area (Å²) in [6.45, 7) is 3.01. The monoisotopic (exact) mass is 341 g/mol. The van der Waals surface area contributed by atoms with Crippen LogP contribution in [0, 0.1) is 0 Å². The molecule has 3 rings (SSSR count). The van der Waals surface area contributed by atoms with E-state index < -0.39 is 0 Å². The largest absolute Gasteiger partial charge is 0.393 e. The average molecular weight is 341 g/mol. The van der Waals surface area contributed by atoms with Gasteiger partial charge in [-0.1, -0.05) is 24.3 Å². The van der Waals surface area contributed by atoms with Gasteiger partial charge in [0.1, 0.15) is 12.1 Å². The van der Waals surface area contributed by atoms with Crippen molar-refractivity contribution in [2.75, 3.05) is 18.8 Å². The molecule has 0 atom stereocenters. The topological polar surface area (TPSA) is 104 Å². The minimum Gasteiger partial charge on any atom is -0.393 e. The van der Waals surface area contributed by atoms with Gasteiger partial charge in [0.2, 0.25) is 0 Å². The second-order valence-corrected chi connectivity index (χ2v) is 6.28. The van der Waals surface area contributed by atoms with Gasteiger partial charge in [-0.25, -0.2) is 9.97 Å². The Morgan fingerprint density at radius 2 is 2.00 bits per heavy atom. The van der Waals surface area contributed by atoms with Crippen LogP contribution in [0.15, 0.2) is 36.8 Å². The maximum atomic E-state index is 12.3. The molecular weight excluding hydrogens is 318 g/mol. The lowest BCUT2D eigenvalue weighted by molar-refractivity contribution is 0.0790. The normalized spacial score (nSPS) is 15.9. The third kappa shape index (κ3) is 4.52. The zero-order valence-corrected chi connectivity index (χ0v) is 14.1. The third-order valence-corrected chi connectivity index (χ3v) is 4.50. The molecule has 2 heterocycles. The predicted octanol–water partition coefficient (Wildman–Crippen LogP) is 0.945. The molecule has 7 heteroatoms. The number of nitrogens with two attached hydrogens (primary N) is 1. The van der Waals surface area contributed by atoms with Gasteiger partial charge in [-0.05, 0) is 24.0 Å². The van der Waals surface area contributed by atoms with E-state index in [1.165, 1.54) is 18.1 Å². The number of rotatable bonds is 5. The van der Waals surface area contributed by atoms with Gasteiger partial charge in [0, 0.05) is 32.4 Å². The Hall–Kier alpha value is -2.51. The summed E-state index contributed by atoms with van der Waals surface area (Å²) in [5.74, 6) is -0.110. The first kappa shape index (κ1) is 17.3. The Morgan fingerprint density at radius 3 is 2.72 bits per heavy atom. The summed E-state index contributed by atoms with van der Waals surface area (Å²) in [7, 11) is 0. The van der Waals surface area contributed by atoms with Gasteiger partial charge in [-0.2, -0.15) is 0 Å². The molecule has 4 N–H and O–H groups in total. The molecule has 1 aromatic carbocycles. The van der Waals surface area contributed by atoms with Crippen LogP contribution in [0.2, 0.25) is 0 Å². The molecule has 0 spiro atoms. The van der Waals surface area contributed by atoms with Crippen LogP contribution in [0.1, 0.15) is 34.3 Å². The molecule has 0 bridgehead atoms. The highest BCUT2D eigenvalue weighted by molar-refractivity contribution is 5.97. The number of carbonyl (C=O) groups excluding carboxylic acids is 1. The van der Waals surface area contributed by atoms with Crippen molar-refractivity contribution < 1.29 is 9.90 Å². The molecule has 25 heavy (non-hydrogen) atoms. The molecule has 1 aliphatic rings. The van der Waals surface area contributed by atoms with Gasteiger partial charge in [-0.3, -0.25) is 9.69 Å². The Balaban J connectivity index is 1.63. The number of hydrogen-bond donors (Lipinski definition) is 3. The molecule has 132 valence electrons. The maximum Gasteiger partial charge on any atom is 0.256 e. The number of amides is 1. The Labute approximate surface area is 146 Å². The van der Waals surface area contributed by atoms with Crippen molar-refractivity contribution in [3.05, 3.63) is 53.5 Å². The first-order valence-corrected chi connectivity index (χ1v) is 8.44. The standard InChI is InChI=1S/C18H23N5O2/c19-17-16(10-20-12-22-17)18(25)21-9-13-3-1-2-4-14(13)11-23-7-5-15(24)6-8-23/h1-4,10,12,15,24H,5-9,11H2,(H,21,25)(H2,19,20,22). The molecule has 7 nitrogen and oxygen atoms in total. The lowest BCUT2D eigenvalue weighted by atomic mass is 10.0. The Morgan fingerprint density at radius 1 is 1.28 bits per heavy atom. The van der Waals surface area contributed by atoms with E-state index in [2.05, 4.69) is 26.3 Å². The molecular formula is C18H23N5O2. The second kappa shape index (κ2) is 8.04. The van der Waals surface area contributed by atoms with Crippen LogP contribution in [0.5, 0.6) is 0 Å². The number of likely N-dealkylation sites (tertiary alicyclic amines) is 1. The second-order valence-electron chi connectivity index (χ2n) is 6.28. The number of benzene rings is 1. The number of aromatic nitrogens is 2. The van der Waals surface area contributed by atoms with Gasteiger partial charge < -0.3 is 16.2 Å². The Kier molecular flexibility index (Phi) is 5.57. The van der Waals surface area contributed by atoms with Crippen LogP contribution in [0.3, 0.4) is 0 Å². The minimum atomic E-state index is -0.283. The van der Waals surface area contributed by atoms with Crippen molar-refractivity contribution in [1.82, 2.24) is 20.2 Å². The molecule has 1 saturated heterocycles. The number of aliphatic hydroxyl groups excluding tert-OH is 1. The number of aliphatic hydroxyl groups is 1. The van der Waals surface area contributed by atoms with E-state index in [1.807, 2.05) is 18.2 Å². The lowest BCUT2D eigenvalue weighted by Gasteiger charge is -2.30. The summed E-state index contributed by atoms with van der Waals surface area (Å²) in [6, 6.07) is 8.05. The molecule has 1 amide bonds. The summed E-state index contributed by atoms with van der Waals surface area (Å²) in [5.41, 5.74) is 8.24. The van der Waals surface area contributed by atoms with Gasteiger partial charge in [0.15, 0.2) is 0 Å². The summed E-state index contributed by atoms with van der Waals surface area (Å²) in [5, 5.41) is 12.5. The Bertz CT molecular complexity index is 729. The van der Waals surface area contributed by atoms with Crippen molar-refractivity contribution in [2.45, 2.75) is 32.0 Å². The fraction of sp³-hybridized carbons (Fsp3) is 0.389. The van der Waals surface area contributed by atoms with Crippen LogP contribution in [-0.4, -0.2) is 45.1 Å². The highest BCUT2D eigenvalue weighted by Gasteiger charge is 2.18. The number of anilines is 1. The molecule has 0 unspecified atom stereocenters. The smallest absolute Gasteiger partial charge is 0.256 e. The van der Waals surface area contributed by atoms with Crippen LogP contribution in [-0.2, 0) is 13.1 Å². The maximum absolute atomic E-state index is 12.3.